The van der Waals surface area contributed by atoms with Crippen LogP contribution in [0.3, 0.4) is 0 Å². The summed E-state index contributed by atoms with van der Waals surface area (Å²) < 4.78 is 63.5. The lowest BCUT2D eigenvalue weighted by atomic mass is 10.1. The number of nitrogens with zero attached hydrogens (tertiary/aromatic N) is 3. The summed E-state index contributed by atoms with van der Waals surface area (Å²) in [5.74, 6) is -2.01. The summed E-state index contributed by atoms with van der Waals surface area (Å²) in [4.78, 5) is 16.0. The molecule has 11 heteroatoms. The van der Waals surface area contributed by atoms with Crippen molar-refractivity contribution in [3.05, 3.63) is 60.0 Å². The fraction of sp³-hybridized carbons (Fsp3) is 0.167. The smallest absolute Gasteiger partial charge is 0.471 e. The molecule has 152 valence electrons. The molecular formula is C18H14F3N3O4S. The van der Waals surface area contributed by atoms with Crippen molar-refractivity contribution in [1.82, 2.24) is 10.1 Å². The van der Waals surface area contributed by atoms with Crippen molar-refractivity contribution in [1.29, 1.82) is 0 Å². The summed E-state index contributed by atoms with van der Waals surface area (Å²) in [6, 6.07) is 11.7. The summed E-state index contributed by atoms with van der Waals surface area (Å²) in [5.41, 5.74) is 0.316. The Bertz CT molecular complexity index is 1160. The number of alkyl halides is 3. The molecule has 3 aromatic rings. The van der Waals surface area contributed by atoms with E-state index in [2.05, 4.69) is 19.0 Å². The normalized spacial score (nSPS) is 13.6. The van der Waals surface area contributed by atoms with Gasteiger partial charge in [-0.1, -0.05) is 23.4 Å². The molecule has 0 aliphatic carbocycles. The Kier molecular flexibility index (Phi) is 5.42. The number of hydrogen-bond donors (Lipinski definition) is 0. The van der Waals surface area contributed by atoms with Crippen LogP contribution in [0.2, 0.25) is 0 Å². The van der Waals surface area contributed by atoms with Gasteiger partial charge in [-0.25, -0.2) is 4.21 Å². The van der Waals surface area contributed by atoms with Gasteiger partial charge in [0.15, 0.2) is 0 Å². The minimum absolute atomic E-state index is 0.103. The zero-order valence-electron chi connectivity index (χ0n) is 15.1. The molecule has 2 aromatic carbocycles. The maximum absolute atomic E-state index is 12.8. The molecule has 0 bridgehead atoms. The van der Waals surface area contributed by atoms with Gasteiger partial charge in [0.1, 0.15) is 5.75 Å². The highest BCUT2D eigenvalue weighted by molar-refractivity contribution is 7.93. The average Bonchev–Trinajstić information content (AvgIpc) is 3.18. The van der Waals surface area contributed by atoms with Gasteiger partial charge in [0.2, 0.25) is 5.82 Å². The van der Waals surface area contributed by atoms with E-state index in [0.29, 0.717) is 10.6 Å². The second kappa shape index (κ2) is 7.66. The maximum atomic E-state index is 12.8. The zero-order valence-corrected chi connectivity index (χ0v) is 16.0. The summed E-state index contributed by atoms with van der Waals surface area (Å²) in [6.45, 7) is 0. The topological polar surface area (TPSA) is 94.7 Å². The number of ether oxygens (including phenoxy) is 1. The molecule has 0 aliphatic rings. The first-order chi connectivity index (χ1) is 13.6. The number of amides is 1. The first-order valence-corrected chi connectivity index (χ1v) is 9.94. The third kappa shape index (κ3) is 4.62. The number of carbonyl (C=O) groups is 1. The monoisotopic (exact) mass is 425 g/mol. The molecule has 29 heavy (non-hydrogen) atoms. The molecule has 0 spiro atoms. The van der Waals surface area contributed by atoms with Crippen LogP contribution in [0.25, 0.3) is 11.4 Å². The SMILES string of the molecule is COc1cccc(S(C)(=O)=NC(=O)c2ccc(-c3noc(C(F)(F)F)n3)cc2)c1. The molecule has 7 nitrogen and oxygen atoms in total. The van der Waals surface area contributed by atoms with E-state index in [0.717, 1.165) is 0 Å². The number of hydrogen-bond acceptors (Lipinski definition) is 6. The Balaban J connectivity index is 1.85. The van der Waals surface area contributed by atoms with Gasteiger partial charge in [-0.15, -0.1) is 0 Å². The van der Waals surface area contributed by atoms with Crippen LogP contribution in [0.5, 0.6) is 5.75 Å². The molecule has 1 amide bonds. The Morgan fingerprint density at radius 3 is 2.45 bits per heavy atom. The van der Waals surface area contributed by atoms with Gasteiger partial charge in [-0.2, -0.15) is 22.5 Å². The van der Waals surface area contributed by atoms with Crippen molar-refractivity contribution >= 4 is 15.6 Å². The minimum atomic E-state index is -4.75. The molecule has 0 radical (unpaired) electrons. The van der Waals surface area contributed by atoms with E-state index in [1.807, 2.05) is 0 Å². The Morgan fingerprint density at radius 1 is 1.17 bits per heavy atom. The van der Waals surface area contributed by atoms with Gasteiger partial charge < -0.3 is 9.26 Å². The predicted molar refractivity (Wildman–Crippen MR) is 96.8 cm³/mol. The van der Waals surface area contributed by atoms with Crippen molar-refractivity contribution in [2.75, 3.05) is 13.4 Å². The highest BCUT2D eigenvalue weighted by Gasteiger charge is 2.38. The first kappa shape index (κ1) is 20.5. The fourth-order valence-electron chi connectivity index (χ4n) is 2.32. The number of benzene rings is 2. The lowest BCUT2D eigenvalue weighted by molar-refractivity contribution is -0.159. The van der Waals surface area contributed by atoms with Gasteiger partial charge in [0, 0.05) is 17.4 Å². The summed E-state index contributed by atoms with van der Waals surface area (Å²) in [6.07, 6.45) is -3.42. The van der Waals surface area contributed by atoms with Crippen molar-refractivity contribution in [2.24, 2.45) is 4.36 Å². The molecule has 1 heterocycles. The van der Waals surface area contributed by atoms with E-state index in [1.165, 1.54) is 43.7 Å². The number of methoxy groups -OCH3 is 1. The molecular weight excluding hydrogens is 411 g/mol. The van der Waals surface area contributed by atoms with Crippen LogP contribution in [0.1, 0.15) is 16.2 Å². The van der Waals surface area contributed by atoms with E-state index < -0.39 is 27.7 Å². The zero-order chi connectivity index (χ0) is 21.2. The predicted octanol–water partition coefficient (Wildman–Crippen LogP) is 4.06. The number of rotatable bonds is 4. The van der Waals surface area contributed by atoms with Crippen molar-refractivity contribution < 1.29 is 31.4 Å². The number of carbonyl (C=O) groups excluding carboxylic acids is 1. The van der Waals surface area contributed by atoms with Crippen LogP contribution in [-0.2, 0) is 15.9 Å². The highest BCUT2D eigenvalue weighted by atomic mass is 32.2. The Labute approximate surface area is 163 Å². The molecule has 0 saturated carbocycles. The lowest BCUT2D eigenvalue weighted by Crippen LogP contribution is -2.05. The second-order valence-electron chi connectivity index (χ2n) is 5.88. The Morgan fingerprint density at radius 2 is 1.86 bits per heavy atom. The van der Waals surface area contributed by atoms with Crippen LogP contribution < -0.4 is 4.74 Å². The molecule has 0 N–H and O–H groups in total. The number of aromatic nitrogens is 2. The van der Waals surface area contributed by atoms with Gasteiger partial charge in [0.25, 0.3) is 5.91 Å². The van der Waals surface area contributed by atoms with Crippen LogP contribution in [-0.4, -0.2) is 33.6 Å². The van der Waals surface area contributed by atoms with Crippen LogP contribution in [0.15, 0.2) is 62.3 Å². The van der Waals surface area contributed by atoms with Gasteiger partial charge in [-0.3, -0.25) is 4.79 Å². The highest BCUT2D eigenvalue weighted by Crippen LogP contribution is 2.29. The Hall–Kier alpha value is -3.21. The third-order valence-electron chi connectivity index (χ3n) is 3.79. The van der Waals surface area contributed by atoms with Gasteiger partial charge >= 0.3 is 12.1 Å². The molecule has 3 rings (SSSR count). The lowest BCUT2D eigenvalue weighted by Gasteiger charge is -2.06. The minimum Gasteiger partial charge on any atom is -0.497 e. The van der Waals surface area contributed by atoms with Crippen LogP contribution >= 0.6 is 0 Å². The third-order valence-corrected chi connectivity index (χ3v) is 5.44. The first-order valence-electron chi connectivity index (χ1n) is 8.02. The largest absolute Gasteiger partial charge is 0.497 e. The summed E-state index contributed by atoms with van der Waals surface area (Å²) in [5, 5.41) is 3.27. The molecule has 0 fully saturated rings. The van der Waals surface area contributed by atoms with E-state index in [4.69, 9.17) is 4.74 Å². The molecule has 0 saturated heterocycles. The molecule has 1 atom stereocenters. The summed E-state index contributed by atoms with van der Waals surface area (Å²) in [7, 11) is -1.57. The van der Waals surface area contributed by atoms with Crippen molar-refractivity contribution in [3.63, 3.8) is 0 Å². The van der Waals surface area contributed by atoms with E-state index in [-0.39, 0.29) is 17.0 Å². The average molecular weight is 425 g/mol. The van der Waals surface area contributed by atoms with Crippen LogP contribution in [0.4, 0.5) is 13.2 Å². The standard InChI is InChI=1S/C18H14F3N3O4S/c1-27-13-4-3-5-14(10-13)29(2,26)24-16(25)12-8-6-11(7-9-12)15-22-17(28-23-15)18(19,20)21/h3-10H,1-2H3. The van der Waals surface area contributed by atoms with Crippen LogP contribution in [0, 0.1) is 0 Å². The van der Waals surface area contributed by atoms with E-state index in [1.54, 1.807) is 18.2 Å². The molecule has 0 aliphatic heterocycles. The molecule has 1 unspecified atom stereocenters. The number of halogens is 3. The maximum Gasteiger partial charge on any atom is 0.471 e. The van der Waals surface area contributed by atoms with E-state index in [9.17, 15) is 22.2 Å². The van der Waals surface area contributed by atoms with Gasteiger partial charge in [-0.05, 0) is 30.3 Å². The van der Waals surface area contributed by atoms with Crippen molar-refractivity contribution in [3.8, 4) is 17.1 Å². The summed E-state index contributed by atoms with van der Waals surface area (Å²) >= 11 is 0. The quantitative estimate of drug-likeness (QED) is 0.626. The molecule has 1 aromatic heterocycles. The van der Waals surface area contributed by atoms with Gasteiger partial charge in [0.05, 0.1) is 21.7 Å². The fourth-order valence-corrected chi connectivity index (χ4v) is 3.51. The van der Waals surface area contributed by atoms with Crippen molar-refractivity contribution in [2.45, 2.75) is 11.1 Å². The second-order valence-corrected chi connectivity index (χ2v) is 8.14. The van der Waals surface area contributed by atoms with E-state index >= 15 is 0 Å².